The van der Waals surface area contributed by atoms with Gasteiger partial charge in [-0.15, -0.1) is 0 Å². The average molecular weight is 248 g/mol. The molecule has 0 saturated carbocycles. The molecule has 0 aromatic heterocycles. The summed E-state index contributed by atoms with van der Waals surface area (Å²) in [6, 6.07) is 9.20. The highest BCUT2D eigenvalue weighted by atomic mass is 15.2. The number of hydrogen-bond acceptors (Lipinski definition) is 2. The van der Waals surface area contributed by atoms with E-state index in [4.69, 9.17) is 5.73 Å². The molecule has 0 bridgehead atoms. The van der Waals surface area contributed by atoms with Crippen LogP contribution in [0.5, 0.6) is 0 Å². The standard InChI is InChI=1S/C16H28N2/c1-4-6-7-10-16(13-17)18(5-2)15-11-8-9-14(3)12-15/h8-9,11-12,16H,4-7,10,13,17H2,1-3H3. The second kappa shape index (κ2) is 8.15. The fourth-order valence-corrected chi connectivity index (χ4v) is 2.49. The second-order valence-electron chi connectivity index (χ2n) is 5.01. The number of nitrogens with zero attached hydrogens (tertiary/aromatic N) is 1. The molecule has 0 radical (unpaired) electrons. The lowest BCUT2D eigenvalue weighted by Crippen LogP contribution is -2.40. The molecule has 102 valence electrons. The zero-order valence-corrected chi connectivity index (χ0v) is 12.2. The van der Waals surface area contributed by atoms with Gasteiger partial charge in [0.25, 0.3) is 0 Å². The van der Waals surface area contributed by atoms with E-state index < -0.39 is 0 Å². The van der Waals surface area contributed by atoms with Crippen LogP contribution < -0.4 is 10.6 Å². The Hall–Kier alpha value is -1.02. The molecule has 2 nitrogen and oxygen atoms in total. The first-order valence-corrected chi connectivity index (χ1v) is 7.26. The maximum absolute atomic E-state index is 5.97. The molecule has 2 N–H and O–H groups in total. The van der Waals surface area contributed by atoms with Gasteiger partial charge < -0.3 is 10.6 Å². The van der Waals surface area contributed by atoms with Crippen molar-refractivity contribution in [2.24, 2.45) is 5.73 Å². The fraction of sp³-hybridized carbons (Fsp3) is 0.625. The van der Waals surface area contributed by atoms with E-state index >= 15 is 0 Å². The van der Waals surface area contributed by atoms with Crippen LogP contribution in [-0.2, 0) is 0 Å². The highest BCUT2D eigenvalue weighted by Crippen LogP contribution is 2.20. The minimum absolute atomic E-state index is 0.475. The maximum Gasteiger partial charge on any atom is 0.0412 e. The summed E-state index contributed by atoms with van der Waals surface area (Å²) in [4.78, 5) is 2.45. The molecule has 0 fully saturated rings. The first kappa shape index (κ1) is 15.0. The summed E-state index contributed by atoms with van der Waals surface area (Å²) in [7, 11) is 0. The largest absolute Gasteiger partial charge is 0.368 e. The summed E-state index contributed by atoms with van der Waals surface area (Å²) in [6.07, 6.45) is 5.06. The van der Waals surface area contributed by atoms with Gasteiger partial charge in [0.05, 0.1) is 0 Å². The zero-order valence-electron chi connectivity index (χ0n) is 12.2. The van der Waals surface area contributed by atoms with Gasteiger partial charge in [-0.3, -0.25) is 0 Å². The van der Waals surface area contributed by atoms with E-state index in [1.165, 1.54) is 36.9 Å². The van der Waals surface area contributed by atoms with E-state index in [1.54, 1.807) is 0 Å². The van der Waals surface area contributed by atoms with Crippen LogP contribution in [-0.4, -0.2) is 19.1 Å². The van der Waals surface area contributed by atoms with Crippen LogP contribution >= 0.6 is 0 Å². The molecule has 1 atom stereocenters. The third-order valence-corrected chi connectivity index (χ3v) is 3.53. The van der Waals surface area contributed by atoms with E-state index in [0.29, 0.717) is 6.04 Å². The molecular formula is C16H28N2. The molecule has 0 spiro atoms. The summed E-state index contributed by atoms with van der Waals surface area (Å²) < 4.78 is 0. The Balaban J connectivity index is 2.73. The van der Waals surface area contributed by atoms with Gasteiger partial charge in [-0.2, -0.15) is 0 Å². The Labute approximate surface area is 112 Å². The molecule has 1 rings (SSSR count). The normalized spacial score (nSPS) is 12.4. The number of rotatable bonds is 8. The Bertz CT molecular complexity index is 336. The molecule has 0 aliphatic heterocycles. The van der Waals surface area contributed by atoms with Crippen LogP contribution in [0.3, 0.4) is 0 Å². The van der Waals surface area contributed by atoms with Crippen molar-refractivity contribution < 1.29 is 0 Å². The van der Waals surface area contributed by atoms with Crippen LogP contribution in [0.15, 0.2) is 24.3 Å². The quantitative estimate of drug-likeness (QED) is 0.710. The Morgan fingerprint density at radius 3 is 2.56 bits per heavy atom. The Morgan fingerprint density at radius 2 is 2.00 bits per heavy atom. The third-order valence-electron chi connectivity index (χ3n) is 3.53. The van der Waals surface area contributed by atoms with Gasteiger partial charge in [-0.1, -0.05) is 38.3 Å². The number of likely N-dealkylation sites (N-methyl/N-ethyl adjacent to an activating group) is 1. The van der Waals surface area contributed by atoms with Gasteiger partial charge in [-0.25, -0.2) is 0 Å². The molecule has 0 amide bonds. The van der Waals surface area contributed by atoms with Crippen molar-refractivity contribution in [3.8, 4) is 0 Å². The van der Waals surface area contributed by atoms with E-state index in [9.17, 15) is 0 Å². The Kier molecular flexibility index (Phi) is 6.81. The second-order valence-corrected chi connectivity index (χ2v) is 5.01. The van der Waals surface area contributed by atoms with Crippen molar-refractivity contribution in [2.45, 2.75) is 52.5 Å². The highest BCUT2D eigenvalue weighted by Gasteiger charge is 2.15. The predicted molar refractivity (Wildman–Crippen MR) is 81.2 cm³/mol. The Morgan fingerprint density at radius 1 is 1.22 bits per heavy atom. The maximum atomic E-state index is 5.97. The molecule has 0 saturated heterocycles. The minimum Gasteiger partial charge on any atom is -0.368 e. The average Bonchev–Trinajstić information content (AvgIpc) is 2.38. The fourth-order valence-electron chi connectivity index (χ4n) is 2.49. The van der Waals surface area contributed by atoms with E-state index in [-0.39, 0.29) is 0 Å². The molecule has 0 aliphatic carbocycles. The number of hydrogen-bond donors (Lipinski definition) is 1. The summed E-state index contributed by atoms with van der Waals surface area (Å²) in [5.41, 5.74) is 8.59. The third kappa shape index (κ3) is 4.34. The molecule has 1 aromatic rings. The highest BCUT2D eigenvalue weighted by molar-refractivity contribution is 5.49. The first-order chi connectivity index (χ1) is 8.72. The number of aryl methyl sites for hydroxylation is 1. The van der Waals surface area contributed by atoms with Crippen LogP contribution in [0.4, 0.5) is 5.69 Å². The van der Waals surface area contributed by atoms with Crippen molar-refractivity contribution >= 4 is 5.69 Å². The van der Waals surface area contributed by atoms with Gasteiger partial charge in [0.1, 0.15) is 0 Å². The van der Waals surface area contributed by atoms with Crippen molar-refractivity contribution in [1.82, 2.24) is 0 Å². The van der Waals surface area contributed by atoms with Gasteiger partial charge in [0.2, 0.25) is 0 Å². The van der Waals surface area contributed by atoms with Crippen molar-refractivity contribution in [2.75, 3.05) is 18.0 Å². The topological polar surface area (TPSA) is 29.3 Å². The van der Waals surface area contributed by atoms with E-state index in [2.05, 4.69) is 49.9 Å². The van der Waals surface area contributed by atoms with Crippen molar-refractivity contribution in [1.29, 1.82) is 0 Å². The summed E-state index contributed by atoms with van der Waals surface area (Å²) in [5, 5.41) is 0. The monoisotopic (exact) mass is 248 g/mol. The first-order valence-electron chi connectivity index (χ1n) is 7.26. The zero-order chi connectivity index (χ0) is 13.4. The SMILES string of the molecule is CCCCCC(CN)N(CC)c1cccc(C)c1. The van der Waals surface area contributed by atoms with E-state index in [1.807, 2.05) is 0 Å². The van der Waals surface area contributed by atoms with Crippen LogP contribution in [0.1, 0.15) is 45.1 Å². The van der Waals surface area contributed by atoms with Gasteiger partial charge in [0, 0.05) is 24.8 Å². The van der Waals surface area contributed by atoms with Crippen LogP contribution in [0, 0.1) is 6.92 Å². The number of benzene rings is 1. The smallest absolute Gasteiger partial charge is 0.0412 e. The molecular weight excluding hydrogens is 220 g/mol. The van der Waals surface area contributed by atoms with Crippen LogP contribution in [0.2, 0.25) is 0 Å². The molecule has 1 unspecified atom stereocenters. The van der Waals surface area contributed by atoms with Gasteiger partial charge >= 0.3 is 0 Å². The lowest BCUT2D eigenvalue weighted by molar-refractivity contribution is 0.528. The lowest BCUT2D eigenvalue weighted by Gasteiger charge is -2.32. The van der Waals surface area contributed by atoms with Crippen LogP contribution in [0.25, 0.3) is 0 Å². The molecule has 2 heteroatoms. The predicted octanol–water partition coefficient (Wildman–Crippen LogP) is 3.73. The van der Waals surface area contributed by atoms with E-state index in [0.717, 1.165) is 13.1 Å². The number of nitrogens with two attached hydrogens (primary N) is 1. The summed E-state index contributed by atoms with van der Waals surface area (Å²) in [6.45, 7) is 8.37. The molecule has 1 aromatic carbocycles. The molecule has 0 aliphatic rings. The van der Waals surface area contributed by atoms with Gasteiger partial charge in [0.15, 0.2) is 0 Å². The lowest BCUT2D eigenvalue weighted by atomic mass is 10.1. The van der Waals surface area contributed by atoms with Crippen molar-refractivity contribution in [3.05, 3.63) is 29.8 Å². The van der Waals surface area contributed by atoms with Gasteiger partial charge in [-0.05, 0) is 38.0 Å². The minimum atomic E-state index is 0.475. The number of unbranched alkanes of at least 4 members (excludes halogenated alkanes) is 2. The molecule has 18 heavy (non-hydrogen) atoms. The number of anilines is 1. The summed E-state index contributed by atoms with van der Waals surface area (Å²) in [5.74, 6) is 0. The summed E-state index contributed by atoms with van der Waals surface area (Å²) >= 11 is 0. The van der Waals surface area contributed by atoms with Crippen molar-refractivity contribution in [3.63, 3.8) is 0 Å². The molecule has 0 heterocycles.